The zero-order valence-corrected chi connectivity index (χ0v) is 25.1. The maximum absolute atomic E-state index is 12.2. The molecule has 1 aliphatic heterocycles. The van der Waals surface area contributed by atoms with Gasteiger partial charge in [-0.3, -0.25) is 4.79 Å². The van der Waals surface area contributed by atoms with Crippen LogP contribution in [0.1, 0.15) is 135 Å². The maximum Gasteiger partial charge on any atom is 0.308 e. The van der Waals surface area contributed by atoms with E-state index >= 15 is 0 Å². The molecule has 1 aliphatic rings. The van der Waals surface area contributed by atoms with Crippen molar-refractivity contribution in [2.24, 2.45) is 0 Å². The topological polar surface area (TPSA) is 63.2 Å². The van der Waals surface area contributed by atoms with Gasteiger partial charge >= 0.3 is 5.97 Å². The number of carbonyl (C=O) groups is 1. The minimum atomic E-state index is -0.473. The molecule has 1 aromatic rings. The minimum Gasteiger partial charge on any atom is -0.466 e. The van der Waals surface area contributed by atoms with Gasteiger partial charge in [-0.25, -0.2) is 0 Å². The molecule has 0 N–H and O–H groups in total. The molecule has 0 aliphatic carbocycles. The highest BCUT2D eigenvalue weighted by atomic mass is 16.7. The molecule has 6 heteroatoms. The van der Waals surface area contributed by atoms with Gasteiger partial charge in [-0.2, -0.15) is 0 Å². The molecule has 1 heterocycles. The van der Waals surface area contributed by atoms with Gasteiger partial charge in [0.15, 0.2) is 6.29 Å². The van der Waals surface area contributed by atoms with Crippen molar-refractivity contribution in [1.29, 1.82) is 0 Å². The Labute approximate surface area is 238 Å². The maximum atomic E-state index is 12.2. The molecule has 0 bridgehead atoms. The van der Waals surface area contributed by atoms with Gasteiger partial charge in [0, 0.05) is 19.1 Å². The third-order valence-corrected chi connectivity index (χ3v) is 7.54. The lowest BCUT2D eigenvalue weighted by Gasteiger charge is -2.36. The smallest absolute Gasteiger partial charge is 0.308 e. The summed E-state index contributed by atoms with van der Waals surface area (Å²) < 4.78 is 28.9. The van der Waals surface area contributed by atoms with Crippen LogP contribution in [0.3, 0.4) is 0 Å². The largest absolute Gasteiger partial charge is 0.466 e. The molecular formula is C33H56O6. The summed E-state index contributed by atoms with van der Waals surface area (Å²) in [7, 11) is 1.67. The molecule has 0 aromatic heterocycles. The molecule has 1 saturated heterocycles. The Morgan fingerprint density at radius 3 is 2.08 bits per heavy atom. The van der Waals surface area contributed by atoms with Crippen molar-refractivity contribution in [1.82, 2.24) is 0 Å². The van der Waals surface area contributed by atoms with E-state index in [4.69, 9.17) is 23.7 Å². The fraction of sp³-hybridized carbons (Fsp3) is 0.788. The predicted octanol–water partition coefficient (Wildman–Crippen LogP) is 8.67. The van der Waals surface area contributed by atoms with Crippen LogP contribution in [0.25, 0.3) is 0 Å². The Morgan fingerprint density at radius 1 is 0.846 bits per heavy atom. The van der Waals surface area contributed by atoms with Crippen LogP contribution in [0.4, 0.5) is 0 Å². The molecule has 1 aromatic carbocycles. The Morgan fingerprint density at radius 2 is 1.46 bits per heavy atom. The second kappa shape index (κ2) is 22.2. The van der Waals surface area contributed by atoms with Crippen molar-refractivity contribution < 1.29 is 28.5 Å². The number of unbranched alkanes of at least 4 members (excludes halogenated alkanes) is 11. The quantitative estimate of drug-likeness (QED) is 0.0774. The first kappa shape index (κ1) is 33.7. The summed E-state index contributed by atoms with van der Waals surface area (Å²) in [6.45, 7) is 4.80. The van der Waals surface area contributed by atoms with Crippen LogP contribution in [0, 0.1) is 0 Å². The number of ether oxygens (including phenoxy) is 5. The minimum absolute atomic E-state index is 0.000926. The molecule has 0 unspecified atom stereocenters. The van der Waals surface area contributed by atoms with E-state index in [-0.39, 0.29) is 30.7 Å². The summed E-state index contributed by atoms with van der Waals surface area (Å²) >= 11 is 0. The van der Waals surface area contributed by atoms with E-state index in [0.29, 0.717) is 19.8 Å². The Hall–Kier alpha value is -1.47. The molecular weight excluding hydrogens is 492 g/mol. The van der Waals surface area contributed by atoms with Gasteiger partial charge in [-0.1, -0.05) is 114 Å². The number of hydrogen-bond acceptors (Lipinski definition) is 6. The summed E-state index contributed by atoms with van der Waals surface area (Å²) in [5, 5.41) is 0. The molecule has 2 rings (SSSR count). The van der Waals surface area contributed by atoms with Gasteiger partial charge in [-0.15, -0.1) is 0 Å². The first-order chi connectivity index (χ1) is 19.2. The number of methoxy groups -OCH3 is 1. The van der Waals surface area contributed by atoms with Crippen molar-refractivity contribution in [2.75, 3.05) is 20.5 Å². The van der Waals surface area contributed by atoms with Crippen molar-refractivity contribution in [3.63, 3.8) is 0 Å². The average Bonchev–Trinajstić information content (AvgIpc) is 2.95. The van der Waals surface area contributed by atoms with Crippen LogP contribution in [-0.2, 0) is 28.5 Å². The molecule has 6 nitrogen and oxygen atoms in total. The summed E-state index contributed by atoms with van der Waals surface area (Å²) in [5.41, 5.74) is 0.972. The summed E-state index contributed by atoms with van der Waals surface area (Å²) in [6, 6.07) is 9.96. The van der Waals surface area contributed by atoms with Gasteiger partial charge in [-0.05, 0) is 26.2 Å². The standard InChI is InChI=1S/C33H56O6/c1-4-6-7-8-9-10-11-12-13-14-15-19-22-29(37-27-35-3)23-24-30-25-31(26-32(34)36-5-2)39-33(38-30)28-20-17-16-18-21-28/h16-18,20-21,29-31,33H,4-15,19,22-27H2,1-3H3/t29-,30-,31-,33-/m0/s1. The van der Waals surface area contributed by atoms with E-state index in [1.807, 2.05) is 37.3 Å². The third-order valence-electron chi connectivity index (χ3n) is 7.54. The van der Waals surface area contributed by atoms with Crippen LogP contribution >= 0.6 is 0 Å². The van der Waals surface area contributed by atoms with Gasteiger partial charge in [0.2, 0.25) is 0 Å². The average molecular weight is 549 g/mol. The van der Waals surface area contributed by atoms with E-state index < -0.39 is 6.29 Å². The van der Waals surface area contributed by atoms with Crippen molar-refractivity contribution >= 4 is 5.97 Å². The van der Waals surface area contributed by atoms with Gasteiger partial charge in [0.05, 0.1) is 31.3 Å². The summed E-state index contributed by atoms with van der Waals surface area (Å²) in [5.74, 6) is -0.219. The van der Waals surface area contributed by atoms with Gasteiger partial charge < -0.3 is 23.7 Å². The van der Waals surface area contributed by atoms with Gasteiger partial charge in [0.1, 0.15) is 6.79 Å². The first-order valence-electron chi connectivity index (χ1n) is 15.8. The van der Waals surface area contributed by atoms with Crippen LogP contribution in [0.2, 0.25) is 0 Å². The number of hydrogen-bond donors (Lipinski definition) is 0. The molecule has 1 fully saturated rings. The lowest BCUT2D eigenvalue weighted by atomic mass is 9.98. The normalized spacial score (nSPS) is 20.1. The lowest BCUT2D eigenvalue weighted by molar-refractivity contribution is -0.251. The highest BCUT2D eigenvalue weighted by Gasteiger charge is 2.33. The van der Waals surface area contributed by atoms with Crippen molar-refractivity contribution in [3.05, 3.63) is 35.9 Å². The van der Waals surface area contributed by atoms with Crippen molar-refractivity contribution in [2.45, 2.75) is 148 Å². The number of esters is 1. The van der Waals surface area contributed by atoms with Crippen LogP contribution < -0.4 is 0 Å². The predicted molar refractivity (Wildman–Crippen MR) is 156 cm³/mol. The van der Waals surface area contributed by atoms with E-state index in [1.165, 1.54) is 77.0 Å². The molecule has 0 amide bonds. The van der Waals surface area contributed by atoms with E-state index in [1.54, 1.807) is 7.11 Å². The SMILES string of the molecule is CCCCCCCCCCCCCC[C@@H](CC[C@H]1C[C@@H](CC(=O)OCC)O[C@@H](c2ccccc2)O1)OCOC. The third kappa shape index (κ3) is 15.8. The lowest BCUT2D eigenvalue weighted by Crippen LogP contribution is -2.36. The second-order valence-electron chi connectivity index (χ2n) is 11.0. The zero-order chi connectivity index (χ0) is 28.0. The second-order valence-corrected chi connectivity index (χ2v) is 11.0. The number of carbonyl (C=O) groups excluding carboxylic acids is 1. The molecule has 39 heavy (non-hydrogen) atoms. The summed E-state index contributed by atoms with van der Waals surface area (Å²) in [6.07, 6.45) is 19.4. The molecule has 0 radical (unpaired) electrons. The Kier molecular flexibility index (Phi) is 19.2. The summed E-state index contributed by atoms with van der Waals surface area (Å²) in [4.78, 5) is 12.2. The Balaban J connectivity index is 1.73. The van der Waals surface area contributed by atoms with E-state index in [9.17, 15) is 4.79 Å². The molecule has 4 atom stereocenters. The Bertz CT molecular complexity index is 711. The van der Waals surface area contributed by atoms with E-state index in [2.05, 4.69) is 6.92 Å². The number of rotatable bonds is 23. The monoisotopic (exact) mass is 548 g/mol. The van der Waals surface area contributed by atoms with Crippen LogP contribution in [-0.4, -0.2) is 44.8 Å². The van der Waals surface area contributed by atoms with E-state index in [0.717, 1.165) is 24.8 Å². The highest BCUT2D eigenvalue weighted by Crippen LogP contribution is 2.33. The zero-order valence-electron chi connectivity index (χ0n) is 25.1. The molecule has 0 saturated carbocycles. The fourth-order valence-electron chi connectivity index (χ4n) is 5.34. The number of benzene rings is 1. The first-order valence-corrected chi connectivity index (χ1v) is 15.8. The molecule has 224 valence electrons. The van der Waals surface area contributed by atoms with Crippen molar-refractivity contribution in [3.8, 4) is 0 Å². The molecule has 0 spiro atoms. The van der Waals surface area contributed by atoms with Gasteiger partial charge in [0.25, 0.3) is 0 Å². The fourth-order valence-corrected chi connectivity index (χ4v) is 5.34. The van der Waals surface area contributed by atoms with Crippen LogP contribution in [0.5, 0.6) is 0 Å². The highest BCUT2D eigenvalue weighted by molar-refractivity contribution is 5.69. The van der Waals surface area contributed by atoms with Crippen LogP contribution in [0.15, 0.2) is 30.3 Å².